The summed E-state index contributed by atoms with van der Waals surface area (Å²) in [6, 6.07) is 0. The highest BCUT2D eigenvalue weighted by Gasteiger charge is 1.99. The van der Waals surface area contributed by atoms with E-state index in [0.717, 1.165) is 0 Å². The van der Waals surface area contributed by atoms with Gasteiger partial charge in [-0.1, -0.05) is 0 Å². The van der Waals surface area contributed by atoms with E-state index in [0.29, 0.717) is 12.6 Å². The Labute approximate surface area is 58.4 Å². The molecule has 0 unspecified atom stereocenters. The van der Waals surface area contributed by atoms with Gasteiger partial charge in [0.1, 0.15) is 6.61 Å². The third-order valence-electron chi connectivity index (χ3n) is 0.654. The van der Waals surface area contributed by atoms with Gasteiger partial charge in [-0.2, -0.15) is 4.79 Å². The van der Waals surface area contributed by atoms with Gasteiger partial charge in [-0.15, -0.1) is 12.3 Å². The molecule has 0 amide bonds. The van der Waals surface area contributed by atoms with E-state index in [1.54, 1.807) is 0 Å². The van der Waals surface area contributed by atoms with E-state index < -0.39 is 5.97 Å². The maximum Gasteiger partial charge on any atom is 0.413 e. The summed E-state index contributed by atoms with van der Waals surface area (Å²) in [6.45, 7) is 0.154. The molecule has 0 saturated heterocycles. The summed E-state index contributed by atoms with van der Waals surface area (Å²) in [6.07, 6.45) is 5.89. The quantitative estimate of drug-likeness (QED) is 0.136. The summed E-state index contributed by atoms with van der Waals surface area (Å²) in [7, 11) is 0. The molecule has 0 atom stereocenters. The Bertz CT molecular complexity index is 198. The monoisotopic (exact) mass is 138 g/mol. The highest BCUT2D eigenvalue weighted by molar-refractivity contribution is 6.20. The first-order chi connectivity index (χ1) is 4.81. The van der Waals surface area contributed by atoms with Crippen LogP contribution >= 0.6 is 0 Å². The van der Waals surface area contributed by atoms with Gasteiger partial charge < -0.3 is 10.3 Å². The molecule has 10 heavy (non-hydrogen) atoms. The number of ether oxygens (including phenoxy) is 1. The van der Waals surface area contributed by atoms with Gasteiger partial charge in [0, 0.05) is 6.42 Å². The highest BCUT2D eigenvalue weighted by Crippen LogP contribution is 1.78. The fraction of sp³-hybridized carbons (Fsp3) is 0.333. The van der Waals surface area contributed by atoms with Gasteiger partial charge in [0.05, 0.1) is 0 Å². The lowest BCUT2D eigenvalue weighted by atomic mass is 10.5. The molecule has 0 aromatic rings. The first kappa shape index (κ1) is 8.41. The van der Waals surface area contributed by atoms with Crippen LogP contribution in [0.1, 0.15) is 6.42 Å². The molecule has 0 N–H and O–H groups in total. The van der Waals surface area contributed by atoms with E-state index in [9.17, 15) is 4.79 Å². The summed E-state index contributed by atoms with van der Waals surface area (Å²) in [5.74, 6) is 1.58. The molecule has 0 aliphatic rings. The Balaban J connectivity index is 3.42. The molecular weight excluding hydrogens is 132 g/mol. The van der Waals surface area contributed by atoms with E-state index in [-0.39, 0.29) is 6.61 Å². The predicted molar refractivity (Wildman–Crippen MR) is 34.1 cm³/mol. The summed E-state index contributed by atoms with van der Waals surface area (Å²) in [4.78, 5) is 12.8. The van der Waals surface area contributed by atoms with Crippen molar-refractivity contribution >= 4 is 12.2 Å². The van der Waals surface area contributed by atoms with Crippen LogP contribution < -0.4 is 0 Å². The minimum absolute atomic E-state index is 0.154. The van der Waals surface area contributed by atoms with Crippen molar-refractivity contribution < 1.29 is 14.3 Å². The number of carbonyl (C=O) groups excluding carboxylic acids is 1. The molecule has 0 aliphatic heterocycles. The van der Waals surface area contributed by atoms with Gasteiger partial charge in [-0.05, 0) is 0 Å². The van der Waals surface area contributed by atoms with Crippen LogP contribution in [0.15, 0.2) is 0 Å². The summed E-state index contributed by atoms with van der Waals surface area (Å²) < 4.78 is 4.43. The van der Waals surface area contributed by atoms with Crippen molar-refractivity contribution in [2.24, 2.45) is 0 Å². The number of terminal acetylenes is 1. The van der Waals surface area contributed by atoms with Gasteiger partial charge in [0.15, 0.2) is 0 Å². The molecule has 0 saturated carbocycles. The number of hydrogen-bond donors (Lipinski definition) is 0. The molecule has 0 heterocycles. The van der Waals surface area contributed by atoms with E-state index in [1.807, 2.05) is 0 Å². The number of rotatable bonds is 3. The molecule has 52 valence electrons. The van der Waals surface area contributed by atoms with Crippen molar-refractivity contribution in [3.05, 3.63) is 5.53 Å². The zero-order valence-electron chi connectivity index (χ0n) is 5.28. The molecule has 0 aliphatic carbocycles. The lowest BCUT2D eigenvalue weighted by Crippen LogP contribution is -2.06. The third-order valence-corrected chi connectivity index (χ3v) is 0.654. The standard InChI is InChI=1S/C6H6N2O2/c1-2-3-4-10-6(9)5-8-7/h1,5H,3-4H2. The highest BCUT2D eigenvalue weighted by atomic mass is 16.5. The van der Waals surface area contributed by atoms with Crippen LogP contribution in [-0.2, 0) is 9.53 Å². The van der Waals surface area contributed by atoms with Crippen LogP contribution in [0.25, 0.3) is 5.53 Å². The van der Waals surface area contributed by atoms with Gasteiger partial charge >= 0.3 is 12.2 Å². The lowest BCUT2D eigenvalue weighted by Gasteiger charge is -1.91. The van der Waals surface area contributed by atoms with Gasteiger partial charge in [-0.25, -0.2) is 4.79 Å². The maximum absolute atomic E-state index is 10.3. The number of esters is 1. The van der Waals surface area contributed by atoms with Crippen LogP contribution in [-0.4, -0.2) is 23.6 Å². The lowest BCUT2D eigenvalue weighted by molar-refractivity contribution is -0.138. The molecular formula is C6H6N2O2. The Kier molecular flexibility index (Phi) is 4.66. The van der Waals surface area contributed by atoms with Crippen LogP contribution in [0, 0.1) is 12.3 Å². The minimum Gasteiger partial charge on any atom is -0.456 e. The topological polar surface area (TPSA) is 62.7 Å². The average molecular weight is 138 g/mol. The average Bonchev–Trinajstić information content (AvgIpc) is 1.89. The minimum atomic E-state index is -0.697. The molecule has 0 aromatic carbocycles. The first-order valence-corrected chi connectivity index (χ1v) is 2.59. The van der Waals surface area contributed by atoms with E-state index in [1.165, 1.54) is 0 Å². The van der Waals surface area contributed by atoms with Gasteiger partial charge in [0.25, 0.3) is 0 Å². The predicted octanol–water partition coefficient (Wildman–Crippen LogP) is -0.147. The molecule has 0 rings (SSSR count). The second-order valence-electron chi connectivity index (χ2n) is 1.37. The fourth-order valence-electron chi connectivity index (χ4n) is 0.295. The van der Waals surface area contributed by atoms with Crippen LogP contribution in [0.3, 0.4) is 0 Å². The second kappa shape index (κ2) is 5.54. The summed E-state index contributed by atoms with van der Waals surface area (Å²) in [5.41, 5.74) is 7.82. The Morgan fingerprint density at radius 2 is 2.60 bits per heavy atom. The smallest absolute Gasteiger partial charge is 0.413 e. The molecule has 0 spiro atoms. The van der Waals surface area contributed by atoms with Crippen LogP contribution in [0.4, 0.5) is 0 Å². The Morgan fingerprint density at radius 1 is 1.90 bits per heavy atom. The van der Waals surface area contributed by atoms with Crippen molar-refractivity contribution in [2.75, 3.05) is 6.61 Å². The van der Waals surface area contributed by atoms with Gasteiger partial charge in [0.2, 0.25) is 0 Å². The summed E-state index contributed by atoms with van der Waals surface area (Å²) >= 11 is 0. The van der Waals surface area contributed by atoms with Crippen LogP contribution in [0.2, 0.25) is 0 Å². The first-order valence-electron chi connectivity index (χ1n) is 2.59. The SMILES string of the molecule is C#CCCOC(=O)C=[N+]=[N-]. The molecule has 0 fully saturated rings. The van der Waals surface area contributed by atoms with E-state index in [4.69, 9.17) is 12.0 Å². The Hall–Kier alpha value is -1.59. The molecule has 4 heteroatoms. The van der Waals surface area contributed by atoms with Gasteiger partial charge in [-0.3, -0.25) is 0 Å². The molecule has 0 radical (unpaired) electrons. The Morgan fingerprint density at radius 3 is 3.10 bits per heavy atom. The van der Waals surface area contributed by atoms with Crippen LogP contribution in [0.5, 0.6) is 0 Å². The van der Waals surface area contributed by atoms with Crippen molar-refractivity contribution in [2.45, 2.75) is 6.42 Å². The fourth-order valence-corrected chi connectivity index (χ4v) is 0.295. The molecule has 0 aromatic heterocycles. The zero-order valence-corrected chi connectivity index (χ0v) is 5.28. The summed E-state index contributed by atoms with van der Waals surface area (Å²) in [5, 5.41) is 0. The second-order valence-corrected chi connectivity index (χ2v) is 1.37. The molecule has 4 nitrogen and oxygen atoms in total. The van der Waals surface area contributed by atoms with E-state index >= 15 is 0 Å². The zero-order chi connectivity index (χ0) is 7.82. The van der Waals surface area contributed by atoms with Crippen molar-refractivity contribution in [1.82, 2.24) is 0 Å². The number of carbonyl (C=O) groups is 1. The van der Waals surface area contributed by atoms with E-state index in [2.05, 4.69) is 15.4 Å². The number of hydrogen-bond acceptors (Lipinski definition) is 2. The van der Waals surface area contributed by atoms with Crippen molar-refractivity contribution in [1.29, 1.82) is 0 Å². The molecule has 0 bridgehead atoms. The maximum atomic E-state index is 10.3. The largest absolute Gasteiger partial charge is 0.456 e. The normalized spacial score (nSPS) is 7.10. The third kappa shape index (κ3) is 4.57. The number of nitrogens with zero attached hydrogens (tertiary/aromatic N) is 2. The van der Waals surface area contributed by atoms with Crippen molar-refractivity contribution in [3.63, 3.8) is 0 Å². The van der Waals surface area contributed by atoms with Crippen molar-refractivity contribution in [3.8, 4) is 12.3 Å².